The molecule has 0 aliphatic rings. The zero-order valence-electron chi connectivity index (χ0n) is 9.59. The van der Waals surface area contributed by atoms with Crippen molar-refractivity contribution in [2.45, 2.75) is 0 Å². The Kier molecular flexibility index (Phi) is 4.41. The summed E-state index contributed by atoms with van der Waals surface area (Å²) in [7, 11) is 0. The summed E-state index contributed by atoms with van der Waals surface area (Å²) in [6.07, 6.45) is 0. The lowest BCUT2D eigenvalue weighted by Gasteiger charge is -2.07. The summed E-state index contributed by atoms with van der Waals surface area (Å²) in [6, 6.07) is 5.38. The minimum atomic E-state index is -0.673. The Morgan fingerprint density at radius 2 is 2.10 bits per heavy atom. The number of aromatic hydroxyl groups is 1. The molecule has 0 radical (unpaired) electrons. The van der Waals surface area contributed by atoms with Gasteiger partial charge in [-0.3, -0.25) is 14.9 Å². The molecule has 0 fully saturated rings. The van der Waals surface area contributed by atoms with E-state index in [-0.39, 0.29) is 17.1 Å². The van der Waals surface area contributed by atoms with Gasteiger partial charge in [0.1, 0.15) is 5.75 Å². The van der Waals surface area contributed by atoms with Crippen LogP contribution in [0.2, 0.25) is 0 Å². The molecular formula is C11H6Br2N2O4S. The molecule has 1 amide bonds. The number of benzene rings is 1. The number of nitrogens with one attached hydrogen (secondary N) is 1. The third-order valence-electron chi connectivity index (χ3n) is 2.36. The van der Waals surface area contributed by atoms with Gasteiger partial charge < -0.3 is 10.4 Å². The molecule has 0 bridgehead atoms. The van der Waals surface area contributed by atoms with Crippen molar-refractivity contribution in [2.75, 3.05) is 5.32 Å². The molecule has 1 aromatic heterocycles. The minimum Gasteiger partial charge on any atom is -0.505 e. The van der Waals surface area contributed by atoms with Gasteiger partial charge in [0.15, 0.2) is 5.69 Å². The van der Waals surface area contributed by atoms with Crippen molar-refractivity contribution < 1.29 is 14.8 Å². The maximum Gasteiger partial charge on any atom is 0.296 e. The number of hydrogen-bond acceptors (Lipinski definition) is 5. The number of nitrogens with zero attached hydrogens (tertiary/aromatic N) is 1. The van der Waals surface area contributed by atoms with Crippen LogP contribution in [0, 0.1) is 10.1 Å². The molecule has 0 atom stereocenters. The lowest BCUT2D eigenvalue weighted by molar-refractivity contribution is -0.384. The van der Waals surface area contributed by atoms with E-state index < -0.39 is 10.8 Å². The lowest BCUT2D eigenvalue weighted by atomic mass is 10.2. The largest absolute Gasteiger partial charge is 0.505 e. The number of anilines is 1. The average Bonchev–Trinajstić information content (AvgIpc) is 2.70. The molecule has 2 N–H and O–H groups in total. The van der Waals surface area contributed by atoms with Gasteiger partial charge in [0.25, 0.3) is 11.6 Å². The fourth-order valence-corrected chi connectivity index (χ4v) is 4.28. The Balaban J connectivity index is 2.37. The van der Waals surface area contributed by atoms with Gasteiger partial charge in [0.05, 0.1) is 18.1 Å². The van der Waals surface area contributed by atoms with Crippen molar-refractivity contribution in [3.05, 3.63) is 47.5 Å². The number of carbonyl (C=O) groups is 1. The van der Waals surface area contributed by atoms with Gasteiger partial charge in [0.2, 0.25) is 0 Å². The van der Waals surface area contributed by atoms with Crippen molar-refractivity contribution in [3.8, 4) is 5.75 Å². The molecule has 0 spiro atoms. The second-order valence-corrected chi connectivity index (χ2v) is 7.37. The fourth-order valence-electron chi connectivity index (χ4n) is 1.48. The van der Waals surface area contributed by atoms with Crippen molar-refractivity contribution in [1.82, 2.24) is 0 Å². The van der Waals surface area contributed by atoms with Crippen LogP contribution in [-0.2, 0) is 0 Å². The Morgan fingerprint density at radius 3 is 2.65 bits per heavy atom. The number of rotatable bonds is 3. The predicted octanol–water partition coefficient (Wildman–Crippen LogP) is 4.14. The van der Waals surface area contributed by atoms with E-state index in [4.69, 9.17) is 0 Å². The van der Waals surface area contributed by atoms with E-state index >= 15 is 0 Å². The van der Waals surface area contributed by atoms with Crippen LogP contribution in [0.5, 0.6) is 5.75 Å². The number of carbonyl (C=O) groups excluding carboxylic acids is 1. The van der Waals surface area contributed by atoms with Crippen LogP contribution in [0.3, 0.4) is 0 Å². The van der Waals surface area contributed by atoms with E-state index in [2.05, 4.69) is 37.2 Å². The molecular weight excluding hydrogens is 416 g/mol. The number of phenolic OH excluding ortho intramolecular Hbond substituents is 1. The lowest BCUT2D eigenvalue weighted by Crippen LogP contribution is -2.13. The third kappa shape index (κ3) is 3.00. The minimum absolute atomic E-state index is 0.225. The standard InChI is InChI=1S/C11H6Br2N2O4S/c12-8-4-5(10(13)20-8)11(17)14-9-6(15(18)19)2-1-3-7(9)16/h1-4,16H,(H,14,17). The van der Waals surface area contributed by atoms with Gasteiger partial charge in [-0.2, -0.15) is 0 Å². The third-order valence-corrected chi connectivity index (χ3v) is 4.70. The summed E-state index contributed by atoms with van der Waals surface area (Å²) in [5, 5.41) is 22.9. The van der Waals surface area contributed by atoms with Crippen LogP contribution >= 0.6 is 43.2 Å². The summed E-state index contributed by atoms with van der Waals surface area (Å²) in [4.78, 5) is 22.3. The Labute approximate surface area is 133 Å². The van der Waals surface area contributed by atoms with Crippen LogP contribution in [0.25, 0.3) is 0 Å². The van der Waals surface area contributed by atoms with Gasteiger partial charge in [-0.1, -0.05) is 6.07 Å². The highest BCUT2D eigenvalue weighted by molar-refractivity contribution is 9.12. The molecule has 104 valence electrons. The van der Waals surface area contributed by atoms with E-state index in [1.807, 2.05) is 0 Å². The number of nitro groups is 1. The number of halogens is 2. The highest BCUT2D eigenvalue weighted by atomic mass is 79.9. The van der Waals surface area contributed by atoms with Crippen molar-refractivity contribution in [1.29, 1.82) is 0 Å². The normalized spacial score (nSPS) is 10.3. The first kappa shape index (κ1) is 14.9. The van der Waals surface area contributed by atoms with E-state index in [1.54, 1.807) is 6.07 Å². The first-order valence-electron chi connectivity index (χ1n) is 5.12. The van der Waals surface area contributed by atoms with Crippen molar-refractivity contribution in [2.24, 2.45) is 0 Å². The predicted molar refractivity (Wildman–Crippen MR) is 82.4 cm³/mol. The molecule has 20 heavy (non-hydrogen) atoms. The molecule has 9 heteroatoms. The Bertz CT molecular complexity index is 702. The molecule has 2 rings (SSSR count). The summed E-state index contributed by atoms with van der Waals surface area (Å²) in [6.45, 7) is 0. The van der Waals surface area contributed by atoms with Crippen molar-refractivity contribution in [3.63, 3.8) is 0 Å². The molecule has 0 saturated carbocycles. The topological polar surface area (TPSA) is 92.5 Å². The highest BCUT2D eigenvalue weighted by Crippen LogP contribution is 2.36. The second-order valence-electron chi connectivity index (χ2n) is 3.62. The number of nitro benzene ring substituents is 1. The van der Waals surface area contributed by atoms with Crippen molar-refractivity contribution >= 4 is 60.5 Å². The summed E-state index contributed by atoms with van der Waals surface area (Å²) in [5.41, 5.74) is -0.278. The van der Waals surface area contributed by atoms with Gasteiger partial charge in [0, 0.05) is 6.07 Å². The Morgan fingerprint density at radius 1 is 1.40 bits per heavy atom. The van der Waals surface area contributed by atoms with E-state index in [0.717, 1.165) is 3.79 Å². The van der Waals surface area contributed by atoms with Crippen LogP contribution in [-0.4, -0.2) is 15.9 Å². The molecule has 6 nitrogen and oxygen atoms in total. The molecule has 0 unspecified atom stereocenters. The van der Waals surface area contributed by atoms with E-state index in [9.17, 15) is 20.0 Å². The average molecular weight is 422 g/mol. The molecule has 1 heterocycles. The summed E-state index contributed by atoms with van der Waals surface area (Å²) in [5.74, 6) is -0.915. The number of phenols is 1. The summed E-state index contributed by atoms with van der Waals surface area (Å²) >= 11 is 7.77. The van der Waals surface area contributed by atoms with Crippen LogP contribution in [0.1, 0.15) is 10.4 Å². The fraction of sp³-hybridized carbons (Fsp3) is 0. The number of hydrogen-bond donors (Lipinski definition) is 2. The van der Waals surface area contributed by atoms with E-state index in [0.29, 0.717) is 9.35 Å². The zero-order chi connectivity index (χ0) is 14.9. The maximum atomic E-state index is 12.1. The van der Waals surface area contributed by atoms with Gasteiger partial charge in [-0.05, 0) is 44.0 Å². The molecule has 0 aliphatic carbocycles. The molecule has 0 saturated heterocycles. The number of amides is 1. The van der Waals surface area contributed by atoms with Gasteiger partial charge >= 0.3 is 0 Å². The molecule has 0 aliphatic heterocycles. The first-order chi connectivity index (χ1) is 9.40. The maximum absolute atomic E-state index is 12.1. The summed E-state index contributed by atoms with van der Waals surface area (Å²) < 4.78 is 1.32. The highest BCUT2D eigenvalue weighted by Gasteiger charge is 2.22. The van der Waals surface area contributed by atoms with Crippen LogP contribution in [0.15, 0.2) is 31.8 Å². The second kappa shape index (κ2) is 5.90. The van der Waals surface area contributed by atoms with Crippen LogP contribution < -0.4 is 5.32 Å². The number of para-hydroxylation sites is 1. The number of thiophene rings is 1. The smallest absolute Gasteiger partial charge is 0.296 e. The SMILES string of the molecule is O=C(Nc1c(O)cccc1[N+](=O)[O-])c1cc(Br)sc1Br. The molecule has 2 aromatic rings. The van der Waals surface area contributed by atoms with E-state index in [1.165, 1.54) is 29.5 Å². The Hall–Kier alpha value is -1.45. The van der Waals surface area contributed by atoms with Gasteiger partial charge in [-0.15, -0.1) is 11.3 Å². The zero-order valence-corrected chi connectivity index (χ0v) is 13.6. The monoisotopic (exact) mass is 420 g/mol. The quantitative estimate of drug-likeness (QED) is 0.442. The molecule has 1 aromatic carbocycles. The first-order valence-corrected chi connectivity index (χ1v) is 7.53. The van der Waals surface area contributed by atoms with Gasteiger partial charge in [-0.25, -0.2) is 0 Å². The van der Waals surface area contributed by atoms with Crippen LogP contribution in [0.4, 0.5) is 11.4 Å².